The van der Waals surface area contributed by atoms with Crippen LogP contribution < -0.4 is 0 Å². The van der Waals surface area contributed by atoms with Gasteiger partial charge in [0.1, 0.15) is 0 Å². The maximum Gasteiger partial charge on any atom is 0.389 e. The van der Waals surface area contributed by atoms with E-state index in [0.717, 1.165) is 26.2 Å². The number of carbonyl (C=O) groups is 1. The quantitative estimate of drug-likeness (QED) is 0.727. The smallest absolute Gasteiger partial charge is 0.299 e. The molecule has 6 heteroatoms. The summed E-state index contributed by atoms with van der Waals surface area (Å²) in [7, 11) is 0. The number of carbonyl (C=O) groups excluding carboxylic acids is 1. The zero-order valence-electron chi connectivity index (χ0n) is 8.96. The van der Waals surface area contributed by atoms with Gasteiger partial charge in [0.15, 0.2) is 5.78 Å². The Kier molecular flexibility index (Phi) is 3.21. The summed E-state index contributed by atoms with van der Waals surface area (Å²) in [5.74, 6) is -0.262. The number of alkyl halides is 3. The van der Waals surface area contributed by atoms with E-state index in [1.165, 1.54) is 0 Å². The minimum absolute atomic E-state index is 0.262. The van der Waals surface area contributed by atoms with Crippen LogP contribution in [0.5, 0.6) is 0 Å². The Labute approximate surface area is 92.2 Å². The molecule has 0 amide bonds. The molecule has 3 aliphatic heterocycles. The molecule has 92 valence electrons. The third-order valence-corrected chi connectivity index (χ3v) is 3.31. The van der Waals surface area contributed by atoms with Crippen molar-refractivity contribution in [1.82, 2.24) is 9.80 Å². The Hall–Kier alpha value is -0.620. The highest BCUT2D eigenvalue weighted by molar-refractivity contribution is 5.84. The number of halogens is 3. The Balaban J connectivity index is 1.86. The lowest BCUT2D eigenvalue weighted by Crippen LogP contribution is -2.63. The van der Waals surface area contributed by atoms with Gasteiger partial charge in [-0.2, -0.15) is 13.2 Å². The summed E-state index contributed by atoms with van der Waals surface area (Å²) in [5, 5.41) is 0. The van der Waals surface area contributed by atoms with Crippen molar-refractivity contribution in [3.05, 3.63) is 0 Å². The van der Waals surface area contributed by atoms with E-state index in [4.69, 9.17) is 0 Å². The maximum absolute atomic E-state index is 12.0. The van der Waals surface area contributed by atoms with Crippen LogP contribution in [0, 0.1) is 0 Å². The highest BCUT2D eigenvalue weighted by Gasteiger charge is 2.37. The summed E-state index contributed by atoms with van der Waals surface area (Å²) < 4.78 is 36.0. The van der Waals surface area contributed by atoms with E-state index in [2.05, 4.69) is 4.90 Å². The second kappa shape index (κ2) is 4.33. The van der Waals surface area contributed by atoms with Gasteiger partial charge in [-0.05, 0) is 0 Å². The second-order valence-corrected chi connectivity index (χ2v) is 4.43. The molecule has 0 N–H and O–H groups in total. The first kappa shape index (κ1) is 11.9. The van der Waals surface area contributed by atoms with Gasteiger partial charge in [0.2, 0.25) is 0 Å². The van der Waals surface area contributed by atoms with E-state index < -0.39 is 12.6 Å². The van der Waals surface area contributed by atoms with Crippen LogP contribution in [0.1, 0.15) is 12.8 Å². The Morgan fingerprint density at radius 3 is 2.25 bits per heavy atom. The summed E-state index contributed by atoms with van der Waals surface area (Å²) in [4.78, 5) is 15.8. The number of hydrogen-bond acceptors (Lipinski definition) is 3. The number of nitrogens with zero attached hydrogens (tertiary/aromatic N) is 2. The van der Waals surface area contributed by atoms with Crippen LogP contribution in [0.15, 0.2) is 0 Å². The summed E-state index contributed by atoms with van der Waals surface area (Å²) in [5.41, 5.74) is 0. The fourth-order valence-electron chi connectivity index (χ4n) is 2.35. The molecule has 1 unspecified atom stereocenters. The van der Waals surface area contributed by atoms with Crippen LogP contribution in [0.25, 0.3) is 0 Å². The maximum atomic E-state index is 12.0. The standard InChI is InChI=1S/C10H15F3N2O/c11-10(12,13)2-1-9(16)8-7-14-3-5-15(8)6-4-14/h8H,1-7H2. The van der Waals surface area contributed by atoms with E-state index in [9.17, 15) is 18.0 Å². The monoisotopic (exact) mass is 236 g/mol. The number of rotatable bonds is 3. The topological polar surface area (TPSA) is 23.6 Å². The highest BCUT2D eigenvalue weighted by Crippen LogP contribution is 2.24. The Morgan fingerprint density at radius 2 is 1.81 bits per heavy atom. The average Bonchev–Trinajstić information content (AvgIpc) is 2.26. The van der Waals surface area contributed by atoms with Gasteiger partial charge in [0, 0.05) is 39.1 Å². The molecular weight excluding hydrogens is 221 g/mol. The van der Waals surface area contributed by atoms with Gasteiger partial charge in [-0.15, -0.1) is 0 Å². The molecule has 1 atom stereocenters. The summed E-state index contributed by atoms with van der Waals surface area (Å²) in [6.07, 6.45) is -5.59. The molecule has 0 aromatic carbocycles. The molecule has 3 nitrogen and oxygen atoms in total. The predicted molar refractivity (Wildman–Crippen MR) is 52.1 cm³/mol. The molecule has 0 aromatic rings. The molecule has 3 heterocycles. The molecule has 0 aromatic heterocycles. The van der Waals surface area contributed by atoms with E-state index in [-0.39, 0.29) is 18.2 Å². The van der Waals surface area contributed by atoms with E-state index in [0.29, 0.717) is 6.54 Å². The lowest BCUT2D eigenvalue weighted by Gasteiger charge is -2.46. The number of fused-ring (bicyclic) bond motifs is 3. The van der Waals surface area contributed by atoms with Crippen LogP contribution in [-0.2, 0) is 4.79 Å². The third kappa shape index (κ3) is 2.74. The summed E-state index contributed by atoms with van der Waals surface area (Å²) >= 11 is 0. The first-order chi connectivity index (χ1) is 7.46. The van der Waals surface area contributed by atoms with Gasteiger partial charge < -0.3 is 0 Å². The van der Waals surface area contributed by atoms with Crippen molar-refractivity contribution >= 4 is 5.78 Å². The SMILES string of the molecule is O=C(CCC(F)(F)F)C1CN2CCN1CC2. The van der Waals surface area contributed by atoms with Crippen molar-refractivity contribution < 1.29 is 18.0 Å². The largest absolute Gasteiger partial charge is 0.389 e. The molecule has 0 aliphatic carbocycles. The van der Waals surface area contributed by atoms with Crippen LogP contribution >= 0.6 is 0 Å². The third-order valence-electron chi connectivity index (χ3n) is 3.31. The lowest BCUT2D eigenvalue weighted by atomic mass is 10.0. The first-order valence-electron chi connectivity index (χ1n) is 5.51. The van der Waals surface area contributed by atoms with Crippen LogP contribution in [0.4, 0.5) is 13.2 Å². The lowest BCUT2D eigenvalue weighted by molar-refractivity contribution is -0.147. The minimum atomic E-state index is -4.22. The molecule has 3 rings (SSSR count). The minimum Gasteiger partial charge on any atom is -0.299 e. The summed E-state index contributed by atoms with van der Waals surface area (Å²) in [6, 6.07) is -0.301. The second-order valence-electron chi connectivity index (χ2n) is 4.43. The van der Waals surface area contributed by atoms with Gasteiger partial charge >= 0.3 is 6.18 Å². The Morgan fingerprint density at radius 1 is 1.19 bits per heavy atom. The zero-order chi connectivity index (χ0) is 11.8. The van der Waals surface area contributed by atoms with Crippen LogP contribution in [0.2, 0.25) is 0 Å². The fraction of sp³-hybridized carbons (Fsp3) is 0.900. The molecular formula is C10H15F3N2O. The fourth-order valence-corrected chi connectivity index (χ4v) is 2.35. The van der Waals surface area contributed by atoms with Crippen LogP contribution in [0.3, 0.4) is 0 Å². The van der Waals surface area contributed by atoms with Gasteiger partial charge in [-0.1, -0.05) is 0 Å². The molecule has 0 radical (unpaired) electrons. The molecule has 16 heavy (non-hydrogen) atoms. The number of ketones is 1. The molecule has 2 bridgehead atoms. The van der Waals surface area contributed by atoms with Crippen molar-refractivity contribution in [3.8, 4) is 0 Å². The van der Waals surface area contributed by atoms with Crippen molar-refractivity contribution in [2.45, 2.75) is 25.1 Å². The number of Topliss-reactive ketones (excluding diaryl/α,β-unsaturated/α-hetero) is 1. The van der Waals surface area contributed by atoms with Gasteiger partial charge in [-0.3, -0.25) is 14.6 Å². The first-order valence-corrected chi connectivity index (χ1v) is 5.51. The van der Waals surface area contributed by atoms with E-state index in [1.807, 2.05) is 4.90 Å². The summed E-state index contributed by atoms with van der Waals surface area (Å²) in [6.45, 7) is 4.09. The van der Waals surface area contributed by atoms with E-state index >= 15 is 0 Å². The molecule has 3 aliphatic rings. The number of hydrogen-bond donors (Lipinski definition) is 0. The molecule has 0 spiro atoms. The van der Waals surface area contributed by atoms with Gasteiger partial charge in [-0.25, -0.2) is 0 Å². The van der Waals surface area contributed by atoms with Crippen molar-refractivity contribution in [2.75, 3.05) is 32.7 Å². The van der Waals surface area contributed by atoms with Crippen molar-refractivity contribution in [3.63, 3.8) is 0 Å². The number of piperazine rings is 3. The van der Waals surface area contributed by atoms with Crippen LogP contribution in [-0.4, -0.2) is 60.5 Å². The molecule has 3 saturated heterocycles. The van der Waals surface area contributed by atoms with Crippen molar-refractivity contribution in [1.29, 1.82) is 0 Å². The molecule has 0 saturated carbocycles. The van der Waals surface area contributed by atoms with Crippen molar-refractivity contribution in [2.24, 2.45) is 0 Å². The average molecular weight is 236 g/mol. The highest BCUT2D eigenvalue weighted by atomic mass is 19.4. The van der Waals surface area contributed by atoms with Gasteiger partial charge in [0.25, 0.3) is 0 Å². The zero-order valence-corrected chi connectivity index (χ0v) is 8.96. The Bertz CT molecular complexity index is 272. The van der Waals surface area contributed by atoms with E-state index in [1.54, 1.807) is 0 Å². The van der Waals surface area contributed by atoms with Gasteiger partial charge in [0.05, 0.1) is 12.5 Å². The molecule has 3 fully saturated rings. The predicted octanol–water partition coefficient (Wildman–Crippen LogP) is 0.898. The normalized spacial score (nSPS) is 34.1.